The van der Waals surface area contributed by atoms with Crippen molar-refractivity contribution in [2.24, 2.45) is 24.8 Å². The molecule has 158 valence electrons. The summed E-state index contributed by atoms with van der Waals surface area (Å²) in [6.45, 7) is 10.0. The van der Waals surface area contributed by atoms with Crippen LogP contribution in [0.5, 0.6) is 0 Å². The Morgan fingerprint density at radius 2 is 1.97 bits per heavy atom. The van der Waals surface area contributed by atoms with E-state index in [1.54, 1.807) is 14.0 Å². The molecule has 1 aliphatic rings. The van der Waals surface area contributed by atoms with E-state index in [2.05, 4.69) is 41.3 Å². The molecule has 1 fully saturated rings. The van der Waals surface area contributed by atoms with E-state index in [1.165, 1.54) is 15.9 Å². The zero-order valence-electron chi connectivity index (χ0n) is 18.0. The SMILES string of the molecule is Cc1nn(C)c(=O)c(-c2nnn(CC(=O)O[C@@H]3C[C@@H](C)CC[C@H]3C(C)C)n2)c1C. The highest BCUT2D eigenvalue weighted by molar-refractivity contribution is 5.69. The number of ether oxygens (including phenoxy) is 1. The lowest BCUT2D eigenvalue weighted by atomic mass is 9.75. The molecule has 0 aliphatic heterocycles. The Morgan fingerprint density at radius 1 is 1.24 bits per heavy atom. The number of nitrogens with zero attached hydrogens (tertiary/aromatic N) is 6. The first-order chi connectivity index (χ1) is 13.7. The Bertz CT molecular complexity index is 948. The first kappa shape index (κ1) is 21.1. The lowest BCUT2D eigenvalue weighted by Crippen LogP contribution is -2.36. The lowest BCUT2D eigenvalue weighted by Gasteiger charge is -2.36. The average molecular weight is 402 g/mol. The molecular weight excluding hydrogens is 372 g/mol. The van der Waals surface area contributed by atoms with Crippen molar-refractivity contribution in [1.29, 1.82) is 0 Å². The van der Waals surface area contributed by atoms with E-state index in [-0.39, 0.29) is 30.0 Å². The zero-order valence-corrected chi connectivity index (χ0v) is 18.0. The fraction of sp³-hybridized carbons (Fsp3) is 0.700. The van der Waals surface area contributed by atoms with E-state index in [0.717, 1.165) is 12.8 Å². The minimum Gasteiger partial charge on any atom is -0.461 e. The topological polar surface area (TPSA) is 105 Å². The van der Waals surface area contributed by atoms with Crippen molar-refractivity contribution in [2.75, 3.05) is 0 Å². The zero-order chi connectivity index (χ0) is 21.3. The molecule has 9 heteroatoms. The highest BCUT2D eigenvalue weighted by atomic mass is 16.5. The first-order valence-electron chi connectivity index (χ1n) is 10.2. The summed E-state index contributed by atoms with van der Waals surface area (Å²) in [5.74, 6) is 1.19. The summed E-state index contributed by atoms with van der Waals surface area (Å²) in [7, 11) is 1.58. The molecule has 0 unspecified atom stereocenters. The summed E-state index contributed by atoms with van der Waals surface area (Å²) >= 11 is 0. The molecule has 29 heavy (non-hydrogen) atoms. The summed E-state index contributed by atoms with van der Waals surface area (Å²) < 4.78 is 7.05. The second-order valence-electron chi connectivity index (χ2n) is 8.51. The predicted molar refractivity (Wildman–Crippen MR) is 107 cm³/mol. The largest absolute Gasteiger partial charge is 0.461 e. The van der Waals surface area contributed by atoms with Gasteiger partial charge in [-0.3, -0.25) is 4.79 Å². The molecule has 9 nitrogen and oxygen atoms in total. The summed E-state index contributed by atoms with van der Waals surface area (Å²) in [4.78, 5) is 26.2. The van der Waals surface area contributed by atoms with Gasteiger partial charge in [0, 0.05) is 7.05 Å². The van der Waals surface area contributed by atoms with Crippen LogP contribution in [0.25, 0.3) is 11.4 Å². The van der Waals surface area contributed by atoms with Gasteiger partial charge in [-0.2, -0.15) is 9.90 Å². The van der Waals surface area contributed by atoms with E-state index in [0.29, 0.717) is 34.6 Å². The average Bonchev–Trinajstić information content (AvgIpc) is 3.08. The van der Waals surface area contributed by atoms with Crippen molar-refractivity contribution in [3.05, 3.63) is 21.6 Å². The molecule has 3 atom stereocenters. The molecule has 3 rings (SSSR count). The van der Waals surface area contributed by atoms with Crippen LogP contribution in [-0.2, 0) is 23.1 Å². The van der Waals surface area contributed by atoms with Gasteiger partial charge in [0.25, 0.3) is 5.56 Å². The van der Waals surface area contributed by atoms with Crippen LogP contribution < -0.4 is 5.56 Å². The van der Waals surface area contributed by atoms with Crippen LogP contribution in [0.2, 0.25) is 0 Å². The standard InChI is InChI=1S/C20H30N6O3/c1-11(2)15-8-7-12(3)9-16(15)29-17(27)10-26-23-19(21-24-26)18-13(4)14(5)22-25(6)20(18)28/h11-12,15-16H,7-10H2,1-6H3/t12-,15-,16+/m0/s1. The molecule has 0 amide bonds. The number of aromatic nitrogens is 6. The predicted octanol–water partition coefficient (Wildman–Crippen LogP) is 2.05. The number of carbonyl (C=O) groups is 1. The number of rotatable bonds is 5. The Morgan fingerprint density at radius 3 is 2.66 bits per heavy atom. The highest BCUT2D eigenvalue weighted by Gasteiger charge is 2.33. The molecule has 2 aromatic rings. The second-order valence-corrected chi connectivity index (χ2v) is 8.51. The van der Waals surface area contributed by atoms with Crippen LogP contribution in [-0.4, -0.2) is 42.1 Å². The number of tetrazole rings is 1. The van der Waals surface area contributed by atoms with Crippen LogP contribution in [0.1, 0.15) is 51.3 Å². The molecule has 0 radical (unpaired) electrons. The number of carbonyl (C=O) groups excluding carboxylic acids is 1. The number of esters is 1. The first-order valence-corrected chi connectivity index (χ1v) is 10.2. The van der Waals surface area contributed by atoms with Gasteiger partial charge in [0.05, 0.1) is 11.3 Å². The third kappa shape index (κ3) is 4.54. The maximum atomic E-state index is 12.5. The molecule has 2 aromatic heterocycles. The summed E-state index contributed by atoms with van der Waals surface area (Å²) in [5.41, 5.74) is 1.46. The van der Waals surface area contributed by atoms with Crippen molar-refractivity contribution in [3.63, 3.8) is 0 Å². The summed E-state index contributed by atoms with van der Waals surface area (Å²) in [6.07, 6.45) is 3.05. The smallest absolute Gasteiger partial charge is 0.330 e. The summed E-state index contributed by atoms with van der Waals surface area (Å²) in [5, 5.41) is 16.3. The van der Waals surface area contributed by atoms with Gasteiger partial charge in [-0.05, 0) is 55.2 Å². The second kappa shape index (κ2) is 8.42. The highest BCUT2D eigenvalue weighted by Crippen LogP contribution is 2.35. The Hall–Kier alpha value is -2.58. The molecule has 1 saturated carbocycles. The van der Waals surface area contributed by atoms with Gasteiger partial charge in [0.2, 0.25) is 5.82 Å². The molecule has 0 aromatic carbocycles. The van der Waals surface area contributed by atoms with Gasteiger partial charge in [-0.25, -0.2) is 9.48 Å². The number of hydrogen-bond donors (Lipinski definition) is 0. The molecule has 0 N–H and O–H groups in total. The van der Waals surface area contributed by atoms with Gasteiger partial charge >= 0.3 is 5.97 Å². The lowest BCUT2D eigenvalue weighted by molar-refractivity contribution is -0.157. The summed E-state index contributed by atoms with van der Waals surface area (Å²) in [6, 6.07) is 0. The fourth-order valence-electron chi connectivity index (χ4n) is 4.09. The number of aryl methyl sites for hydroxylation is 2. The third-order valence-corrected chi connectivity index (χ3v) is 5.92. The molecule has 0 spiro atoms. The number of hydrogen-bond acceptors (Lipinski definition) is 7. The van der Waals surface area contributed by atoms with Crippen molar-refractivity contribution in [2.45, 2.75) is 66.5 Å². The van der Waals surface area contributed by atoms with Gasteiger partial charge in [0.1, 0.15) is 6.10 Å². The van der Waals surface area contributed by atoms with Crippen molar-refractivity contribution >= 4 is 5.97 Å². The molecule has 0 bridgehead atoms. The van der Waals surface area contributed by atoms with Crippen LogP contribution in [0.15, 0.2) is 4.79 Å². The van der Waals surface area contributed by atoms with Crippen LogP contribution in [0.3, 0.4) is 0 Å². The maximum Gasteiger partial charge on any atom is 0.330 e. The minimum atomic E-state index is -0.380. The fourth-order valence-corrected chi connectivity index (χ4v) is 4.09. The molecule has 2 heterocycles. The Kier molecular flexibility index (Phi) is 6.14. The van der Waals surface area contributed by atoms with Gasteiger partial charge in [-0.15, -0.1) is 10.2 Å². The minimum absolute atomic E-state index is 0.0772. The maximum absolute atomic E-state index is 12.5. The normalized spacial score (nSPS) is 22.1. The van der Waals surface area contributed by atoms with Crippen LogP contribution in [0.4, 0.5) is 0 Å². The van der Waals surface area contributed by atoms with E-state index in [1.807, 2.05) is 6.92 Å². The molecule has 1 aliphatic carbocycles. The van der Waals surface area contributed by atoms with E-state index >= 15 is 0 Å². The van der Waals surface area contributed by atoms with Crippen molar-refractivity contribution < 1.29 is 9.53 Å². The van der Waals surface area contributed by atoms with E-state index < -0.39 is 0 Å². The van der Waals surface area contributed by atoms with Gasteiger partial charge < -0.3 is 4.74 Å². The van der Waals surface area contributed by atoms with Crippen molar-refractivity contribution in [1.82, 2.24) is 30.0 Å². The Balaban J connectivity index is 1.74. The van der Waals surface area contributed by atoms with Crippen LogP contribution >= 0.6 is 0 Å². The Labute approximate surface area is 170 Å². The third-order valence-electron chi connectivity index (χ3n) is 5.92. The monoisotopic (exact) mass is 402 g/mol. The van der Waals surface area contributed by atoms with Crippen molar-refractivity contribution in [3.8, 4) is 11.4 Å². The van der Waals surface area contributed by atoms with Crippen LogP contribution in [0, 0.1) is 31.6 Å². The molecular formula is C20H30N6O3. The van der Waals surface area contributed by atoms with E-state index in [9.17, 15) is 9.59 Å². The van der Waals surface area contributed by atoms with E-state index in [4.69, 9.17) is 4.74 Å². The quantitative estimate of drug-likeness (QED) is 0.705. The van der Waals surface area contributed by atoms with Gasteiger partial charge in [-0.1, -0.05) is 27.2 Å². The van der Waals surface area contributed by atoms with Gasteiger partial charge in [0.15, 0.2) is 6.54 Å². The molecule has 0 saturated heterocycles.